The van der Waals surface area contributed by atoms with E-state index in [1.807, 2.05) is 43.4 Å². The van der Waals surface area contributed by atoms with E-state index >= 15 is 0 Å². The highest BCUT2D eigenvalue weighted by atomic mass is 35.5. The van der Waals surface area contributed by atoms with Crippen LogP contribution >= 0.6 is 12.4 Å². The molecule has 1 heterocycles. The smallest absolute Gasteiger partial charge is 0.167 e. The summed E-state index contributed by atoms with van der Waals surface area (Å²) < 4.78 is 5.36. The van der Waals surface area contributed by atoms with Crippen LogP contribution in [0.4, 0.5) is 0 Å². The Balaban J connectivity index is 0.00000180. The normalized spacial score (nSPS) is 12.2. The number of likely N-dealkylation sites (N-methyl/N-ethyl adjacent to an activating group) is 1. The predicted molar refractivity (Wildman–Crippen MR) is 79.2 cm³/mol. The Labute approximate surface area is 120 Å². The van der Waals surface area contributed by atoms with Gasteiger partial charge in [-0.3, -0.25) is 4.90 Å². The van der Waals surface area contributed by atoms with E-state index in [9.17, 15) is 0 Å². The molecule has 4 nitrogen and oxygen atoms in total. The molecule has 1 aromatic carbocycles. The topological polar surface area (TPSA) is 55.3 Å². The van der Waals surface area contributed by atoms with Crippen molar-refractivity contribution in [2.75, 3.05) is 13.6 Å². The lowest BCUT2D eigenvalue weighted by Gasteiger charge is -2.21. The summed E-state index contributed by atoms with van der Waals surface area (Å²) in [7, 11) is 2.04. The van der Waals surface area contributed by atoms with Gasteiger partial charge >= 0.3 is 0 Å². The van der Waals surface area contributed by atoms with Gasteiger partial charge in [0.1, 0.15) is 0 Å². The molecular formula is C14H20ClN3O. The molecule has 5 heteroatoms. The summed E-state index contributed by atoms with van der Waals surface area (Å²) in [4.78, 5) is 2.16. The lowest BCUT2D eigenvalue weighted by atomic mass is 10.1. The van der Waals surface area contributed by atoms with Crippen molar-refractivity contribution in [3.8, 4) is 11.3 Å². The monoisotopic (exact) mass is 281 g/mol. The van der Waals surface area contributed by atoms with Gasteiger partial charge in [0.05, 0.1) is 5.69 Å². The molecule has 0 saturated heterocycles. The molecule has 1 unspecified atom stereocenters. The Kier molecular flexibility index (Phi) is 6.02. The number of halogens is 1. The summed E-state index contributed by atoms with van der Waals surface area (Å²) in [5.74, 6) is 0.805. The zero-order valence-corrected chi connectivity index (χ0v) is 12.1. The summed E-state index contributed by atoms with van der Waals surface area (Å²) in [6.07, 6.45) is 0. The lowest BCUT2D eigenvalue weighted by molar-refractivity contribution is 0.247. The molecule has 0 spiro atoms. The first kappa shape index (κ1) is 15.7. The van der Waals surface area contributed by atoms with Gasteiger partial charge in [-0.05, 0) is 14.0 Å². The Morgan fingerprint density at radius 1 is 1.32 bits per heavy atom. The second-order valence-corrected chi connectivity index (χ2v) is 4.55. The third-order valence-corrected chi connectivity index (χ3v) is 3.12. The van der Waals surface area contributed by atoms with Crippen molar-refractivity contribution in [2.24, 2.45) is 5.73 Å². The van der Waals surface area contributed by atoms with E-state index < -0.39 is 0 Å². The van der Waals surface area contributed by atoms with Gasteiger partial charge in [0.25, 0.3) is 0 Å². The molecule has 0 bridgehead atoms. The molecule has 0 aliphatic rings. The van der Waals surface area contributed by atoms with Crippen LogP contribution in [0, 0.1) is 0 Å². The summed E-state index contributed by atoms with van der Waals surface area (Å²) in [5, 5.41) is 4.09. The van der Waals surface area contributed by atoms with Gasteiger partial charge < -0.3 is 10.3 Å². The van der Waals surface area contributed by atoms with Crippen LogP contribution < -0.4 is 5.73 Å². The van der Waals surface area contributed by atoms with Crippen LogP contribution in [0.5, 0.6) is 0 Å². The van der Waals surface area contributed by atoms with Crippen LogP contribution in [-0.4, -0.2) is 29.7 Å². The molecule has 1 aromatic heterocycles. The molecule has 104 valence electrons. The van der Waals surface area contributed by atoms with E-state index in [4.69, 9.17) is 10.3 Å². The molecule has 2 rings (SSSR count). The molecule has 0 radical (unpaired) electrons. The number of hydrogen-bond donors (Lipinski definition) is 1. The van der Waals surface area contributed by atoms with Gasteiger partial charge in [0.2, 0.25) is 0 Å². The highest BCUT2D eigenvalue weighted by molar-refractivity contribution is 5.85. The quantitative estimate of drug-likeness (QED) is 0.915. The third-order valence-electron chi connectivity index (χ3n) is 3.12. The predicted octanol–water partition coefficient (Wildman–Crippen LogP) is 2.54. The van der Waals surface area contributed by atoms with Gasteiger partial charge in [0.15, 0.2) is 5.76 Å². The number of hydrogen-bond acceptors (Lipinski definition) is 4. The van der Waals surface area contributed by atoms with Crippen molar-refractivity contribution in [1.82, 2.24) is 10.1 Å². The standard InChI is InChI=1S/C14H19N3O.ClH/c1-11(9-15)17(2)10-13-8-14(18-16-13)12-6-4-3-5-7-12;/h3-8,11H,9-10,15H2,1-2H3;1H. The SMILES string of the molecule is CC(CN)N(C)Cc1cc(-c2ccccc2)on1.Cl. The van der Waals surface area contributed by atoms with E-state index in [1.165, 1.54) is 0 Å². The van der Waals surface area contributed by atoms with Gasteiger partial charge in [-0.25, -0.2) is 0 Å². The fourth-order valence-electron chi connectivity index (χ4n) is 1.72. The molecule has 0 saturated carbocycles. The van der Waals surface area contributed by atoms with Crippen LogP contribution in [-0.2, 0) is 6.54 Å². The Hall–Kier alpha value is -1.36. The molecule has 2 N–H and O–H groups in total. The van der Waals surface area contributed by atoms with Gasteiger partial charge in [-0.1, -0.05) is 35.5 Å². The average molecular weight is 282 g/mol. The molecule has 0 fully saturated rings. The Morgan fingerprint density at radius 3 is 2.63 bits per heavy atom. The van der Waals surface area contributed by atoms with Crippen LogP contribution in [0.15, 0.2) is 40.9 Å². The summed E-state index contributed by atoms with van der Waals surface area (Å²) in [6.45, 7) is 3.48. The summed E-state index contributed by atoms with van der Waals surface area (Å²) >= 11 is 0. The minimum absolute atomic E-state index is 0. The van der Waals surface area contributed by atoms with Gasteiger partial charge in [-0.2, -0.15) is 0 Å². The largest absolute Gasteiger partial charge is 0.356 e. The van der Waals surface area contributed by atoms with Crippen molar-refractivity contribution in [3.63, 3.8) is 0 Å². The van der Waals surface area contributed by atoms with E-state index in [-0.39, 0.29) is 12.4 Å². The number of rotatable bonds is 5. The number of benzene rings is 1. The molecule has 0 aliphatic heterocycles. The second kappa shape index (κ2) is 7.28. The van der Waals surface area contributed by atoms with E-state index in [1.54, 1.807) is 0 Å². The van der Waals surface area contributed by atoms with Crippen molar-refractivity contribution in [1.29, 1.82) is 0 Å². The van der Waals surface area contributed by atoms with Crippen LogP contribution in [0.3, 0.4) is 0 Å². The van der Waals surface area contributed by atoms with Crippen molar-refractivity contribution in [3.05, 3.63) is 42.1 Å². The van der Waals surface area contributed by atoms with Crippen molar-refractivity contribution >= 4 is 12.4 Å². The van der Waals surface area contributed by atoms with E-state index in [0.29, 0.717) is 12.6 Å². The van der Waals surface area contributed by atoms with Gasteiger partial charge in [0, 0.05) is 30.8 Å². The molecule has 0 aliphatic carbocycles. The first-order valence-corrected chi connectivity index (χ1v) is 6.12. The maximum atomic E-state index is 5.64. The summed E-state index contributed by atoms with van der Waals surface area (Å²) in [5.41, 5.74) is 7.61. The van der Waals surface area contributed by atoms with Crippen molar-refractivity contribution in [2.45, 2.75) is 19.5 Å². The summed E-state index contributed by atoms with van der Waals surface area (Å²) in [6, 6.07) is 12.3. The Morgan fingerprint density at radius 2 is 2.00 bits per heavy atom. The zero-order valence-electron chi connectivity index (χ0n) is 11.2. The van der Waals surface area contributed by atoms with E-state index in [2.05, 4.69) is 17.0 Å². The van der Waals surface area contributed by atoms with Crippen molar-refractivity contribution < 1.29 is 4.52 Å². The number of nitrogens with two attached hydrogens (primary N) is 1. The van der Waals surface area contributed by atoms with Crippen LogP contribution in [0.2, 0.25) is 0 Å². The average Bonchev–Trinajstić information content (AvgIpc) is 2.87. The maximum Gasteiger partial charge on any atom is 0.167 e. The minimum Gasteiger partial charge on any atom is -0.356 e. The molecule has 1 atom stereocenters. The highest BCUT2D eigenvalue weighted by Crippen LogP contribution is 2.20. The highest BCUT2D eigenvalue weighted by Gasteiger charge is 2.11. The minimum atomic E-state index is 0. The second-order valence-electron chi connectivity index (χ2n) is 4.55. The van der Waals surface area contributed by atoms with Crippen LogP contribution in [0.25, 0.3) is 11.3 Å². The molecule has 19 heavy (non-hydrogen) atoms. The third kappa shape index (κ3) is 4.06. The lowest BCUT2D eigenvalue weighted by Crippen LogP contribution is -2.34. The Bertz CT molecular complexity index is 486. The number of nitrogens with zero attached hydrogens (tertiary/aromatic N) is 2. The fraction of sp³-hybridized carbons (Fsp3) is 0.357. The molecular weight excluding hydrogens is 262 g/mol. The first-order valence-electron chi connectivity index (χ1n) is 6.12. The maximum absolute atomic E-state index is 5.64. The number of aromatic nitrogens is 1. The fourth-order valence-corrected chi connectivity index (χ4v) is 1.72. The van der Waals surface area contributed by atoms with E-state index in [0.717, 1.165) is 23.6 Å². The first-order chi connectivity index (χ1) is 8.70. The van der Waals surface area contributed by atoms with Gasteiger partial charge in [-0.15, -0.1) is 12.4 Å². The zero-order chi connectivity index (χ0) is 13.0. The molecule has 0 amide bonds. The molecule has 2 aromatic rings. The van der Waals surface area contributed by atoms with Crippen LogP contribution in [0.1, 0.15) is 12.6 Å².